The zero-order valence-corrected chi connectivity index (χ0v) is 23.6. The van der Waals surface area contributed by atoms with E-state index in [0.29, 0.717) is 12.5 Å². The van der Waals surface area contributed by atoms with E-state index in [1.165, 1.54) is 63.8 Å². The van der Waals surface area contributed by atoms with Gasteiger partial charge >= 0.3 is 0 Å². The molecular formula is C27H47Cl3N4O. The molecule has 0 spiro atoms. The second-order valence-electron chi connectivity index (χ2n) is 10.4. The number of carbonyl (C=O) groups is 1. The first-order valence-electron chi connectivity index (χ1n) is 13.2. The summed E-state index contributed by atoms with van der Waals surface area (Å²) in [6.45, 7) is 9.05. The van der Waals surface area contributed by atoms with Crippen LogP contribution in [-0.2, 0) is 11.3 Å². The molecule has 4 rings (SSSR count). The summed E-state index contributed by atoms with van der Waals surface area (Å²) in [4.78, 5) is 17.5. The summed E-state index contributed by atoms with van der Waals surface area (Å²) >= 11 is 0. The third kappa shape index (κ3) is 11.2. The molecule has 3 fully saturated rings. The van der Waals surface area contributed by atoms with Gasteiger partial charge in [-0.1, -0.05) is 43.2 Å². The summed E-state index contributed by atoms with van der Waals surface area (Å²) in [6.07, 6.45) is 10.7. The van der Waals surface area contributed by atoms with Gasteiger partial charge in [-0.25, -0.2) is 0 Å². The van der Waals surface area contributed by atoms with E-state index in [1.807, 2.05) is 0 Å². The van der Waals surface area contributed by atoms with Gasteiger partial charge in [-0.2, -0.15) is 0 Å². The maximum absolute atomic E-state index is 12.3. The van der Waals surface area contributed by atoms with Crippen LogP contribution < -0.4 is 10.6 Å². The fraction of sp³-hybridized carbons (Fsp3) is 0.741. The zero-order valence-electron chi connectivity index (χ0n) is 21.2. The second-order valence-corrected chi connectivity index (χ2v) is 10.4. The number of fused-ring (bicyclic) bond motifs is 2. The lowest BCUT2D eigenvalue weighted by atomic mass is 9.79. The van der Waals surface area contributed by atoms with Crippen LogP contribution in [0.25, 0.3) is 0 Å². The Morgan fingerprint density at radius 3 is 2.43 bits per heavy atom. The quantitative estimate of drug-likeness (QED) is 0.407. The molecule has 0 saturated carbocycles. The molecule has 0 unspecified atom stereocenters. The fourth-order valence-corrected chi connectivity index (χ4v) is 6.04. The number of hydrogen-bond acceptors (Lipinski definition) is 4. The molecule has 202 valence electrons. The van der Waals surface area contributed by atoms with Crippen molar-refractivity contribution in [2.45, 2.75) is 70.4 Å². The van der Waals surface area contributed by atoms with Gasteiger partial charge in [0.05, 0.1) is 0 Å². The van der Waals surface area contributed by atoms with Crippen molar-refractivity contribution in [2.75, 3.05) is 45.8 Å². The van der Waals surface area contributed by atoms with Crippen molar-refractivity contribution in [3.8, 4) is 0 Å². The Morgan fingerprint density at radius 1 is 0.943 bits per heavy atom. The van der Waals surface area contributed by atoms with Crippen LogP contribution in [0, 0.1) is 11.8 Å². The van der Waals surface area contributed by atoms with Gasteiger partial charge in [0.1, 0.15) is 0 Å². The molecule has 35 heavy (non-hydrogen) atoms. The van der Waals surface area contributed by atoms with E-state index in [2.05, 4.69) is 50.8 Å². The molecular weight excluding hydrogens is 503 g/mol. The number of benzene rings is 1. The molecule has 3 saturated heterocycles. The van der Waals surface area contributed by atoms with Crippen LogP contribution in [0.3, 0.4) is 0 Å². The predicted octanol–water partition coefficient (Wildman–Crippen LogP) is 4.91. The topological polar surface area (TPSA) is 47.6 Å². The Balaban J connectivity index is 0.00000204. The van der Waals surface area contributed by atoms with Crippen molar-refractivity contribution in [2.24, 2.45) is 11.8 Å². The lowest BCUT2D eigenvalue weighted by molar-refractivity contribution is -0.121. The lowest BCUT2D eigenvalue weighted by Gasteiger charge is -2.46. The minimum absolute atomic E-state index is 0. The Hall–Kier alpha value is -0.560. The van der Waals surface area contributed by atoms with Crippen LogP contribution in [0.5, 0.6) is 0 Å². The van der Waals surface area contributed by atoms with Gasteiger partial charge in [0.25, 0.3) is 0 Å². The van der Waals surface area contributed by atoms with Gasteiger partial charge in [0, 0.05) is 38.6 Å². The number of amides is 1. The normalized spacial score (nSPS) is 24.7. The standard InChI is InChI=1S/C27H44N4O.3ClH/c32-27(28-14-9-17-30-15-6-1-2-7-16-30)13-8-12-26-25-18-24(19-29-26)21-31(22-25)20-23-10-4-3-5-11-23;;;/h3-5,10-11,24-26,29H,1-2,6-9,12-22H2,(H,28,32);3*1H/t24-,25+,26+;;;/m0.../s1. The Morgan fingerprint density at radius 2 is 1.69 bits per heavy atom. The molecule has 8 heteroatoms. The number of piperidine rings is 2. The van der Waals surface area contributed by atoms with Gasteiger partial charge in [0.15, 0.2) is 0 Å². The molecule has 2 N–H and O–H groups in total. The highest BCUT2D eigenvalue weighted by Crippen LogP contribution is 2.31. The Kier molecular flexibility index (Phi) is 16.5. The van der Waals surface area contributed by atoms with Gasteiger partial charge in [-0.05, 0) is 82.1 Å². The highest BCUT2D eigenvalue weighted by Gasteiger charge is 2.36. The van der Waals surface area contributed by atoms with Crippen LogP contribution in [0.4, 0.5) is 0 Å². The van der Waals surface area contributed by atoms with E-state index in [9.17, 15) is 4.79 Å². The maximum Gasteiger partial charge on any atom is 0.219 e. The number of nitrogens with zero attached hydrogens (tertiary/aromatic N) is 2. The molecule has 0 aromatic heterocycles. The first-order valence-corrected chi connectivity index (χ1v) is 13.2. The summed E-state index contributed by atoms with van der Waals surface area (Å²) in [5.74, 6) is 1.74. The molecule has 5 nitrogen and oxygen atoms in total. The third-order valence-electron chi connectivity index (χ3n) is 7.72. The Bertz CT molecular complexity index is 688. The maximum atomic E-state index is 12.3. The molecule has 0 aliphatic carbocycles. The third-order valence-corrected chi connectivity index (χ3v) is 7.72. The second kappa shape index (κ2) is 17.8. The molecule has 1 aromatic rings. The van der Waals surface area contributed by atoms with Crippen LogP contribution >= 0.6 is 37.2 Å². The number of nitrogens with one attached hydrogen (secondary N) is 2. The van der Waals surface area contributed by atoms with Gasteiger partial charge in [0.2, 0.25) is 5.91 Å². The summed E-state index contributed by atoms with van der Waals surface area (Å²) in [7, 11) is 0. The predicted molar refractivity (Wildman–Crippen MR) is 153 cm³/mol. The number of rotatable bonds is 10. The molecule has 3 aliphatic heterocycles. The zero-order chi connectivity index (χ0) is 22.0. The van der Waals surface area contributed by atoms with Crippen molar-refractivity contribution >= 4 is 43.1 Å². The van der Waals surface area contributed by atoms with E-state index >= 15 is 0 Å². The number of hydrogen-bond donors (Lipinski definition) is 2. The summed E-state index contributed by atoms with van der Waals surface area (Å²) in [5, 5.41) is 6.97. The van der Waals surface area contributed by atoms with Gasteiger partial charge < -0.3 is 15.5 Å². The monoisotopic (exact) mass is 548 g/mol. The minimum Gasteiger partial charge on any atom is -0.356 e. The summed E-state index contributed by atoms with van der Waals surface area (Å²) in [5.41, 5.74) is 1.42. The average Bonchev–Trinajstić information content (AvgIpc) is 3.08. The van der Waals surface area contributed by atoms with Crippen molar-refractivity contribution in [1.29, 1.82) is 0 Å². The number of likely N-dealkylation sites (tertiary alicyclic amines) is 2. The minimum atomic E-state index is 0. The Labute approximate surface area is 231 Å². The van der Waals surface area contributed by atoms with E-state index < -0.39 is 0 Å². The molecule has 2 bridgehead atoms. The van der Waals surface area contributed by atoms with Gasteiger partial charge in [-0.15, -0.1) is 37.2 Å². The van der Waals surface area contributed by atoms with Crippen LogP contribution in [0.15, 0.2) is 30.3 Å². The van der Waals surface area contributed by atoms with Crippen molar-refractivity contribution in [3.63, 3.8) is 0 Å². The molecule has 0 radical (unpaired) electrons. The fourth-order valence-electron chi connectivity index (χ4n) is 6.04. The average molecular weight is 550 g/mol. The van der Waals surface area contributed by atoms with Crippen LogP contribution in [0.1, 0.15) is 63.4 Å². The summed E-state index contributed by atoms with van der Waals surface area (Å²) in [6, 6.07) is 11.4. The molecule has 3 atom stereocenters. The van der Waals surface area contributed by atoms with Crippen LogP contribution in [-0.4, -0.2) is 67.6 Å². The lowest BCUT2D eigenvalue weighted by Crippen LogP contribution is -2.55. The van der Waals surface area contributed by atoms with E-state index in [4.69, 9.17) is 0 Å². The molecule has 3 aliphatic rings. The van der Waals surface area contributed by atoms with Crippen molar-refractivity contribution < 1.29 is 4.79 Å². The smallest absolute Gasteiger partial charge is 0.219 e. The molecule has 1 amide bonds. The van der Waals surface area contributed by atoms with E-state index in [-0.39, 0.29) is 43.1 Å². The first-order chi connectivity index (χ1) is 15.8. The highest BCUT2D eigenvalue weighted by molar-refractivity contribution is 5.86. The SMILES string of the molecule is Cl.Cl.Cl.O=C(CCC[C@H]1NC[C@@H]2C[C@@H]1CN(Cc1ccccc1)C2)NCCCN1CCCCCC1. The largest absolute Gasteiger partial charge is 0.356 e. The number of carbonyl (C=O) groups excluding carboxylic acids is 1. The van der Waals surface area contributed by atoms with E-state index in [1.54, 1.807) is 0 Å². The van der Waals surface area contributed by atoms with Crippen molar-refractivity contribution in [3.05, 3.63) is 35.9 Å². The summed E-state index contributed by atoms with van der Waals surface area (Å²) < 4.78 is 0. The highest BCUT2D eigenvalue weighted by atomic mass is 35.5. The molecule has 3 heterocycles. The van der Waals surface area contributed by atoms with Crippen molar-refractivity contribution in [1.82, 2.24) is 20.4 Å². The molecule has 1 aromatic carbocycles. The van der Waals surface area contributed by atoms with E-state index in [0.717, 1.165) is 57.3 Å². The first kappa shape index (κ1) is 32.5. The van der Waals surface area contributed by atoms with Gasteiger partial charge in [-0.3, -0.25) is 9.69 Å². The van der Waals surface area contributed by atoms with Crippen LogP contribution in [0.2, 0.25) is 0 Å². The number of halogens is 3.